The van der Waals surface area contributed by atoms with Crippen molar-refractivity contribution in [1.82, 2.24) is 4.98 Å². The number of halogens is 1. The fourth-order valence-electron chi connectivity index (χ4n) is 1.99. The molecule has 0 amide bonds. The molecule has 0 unspecified atom stereocenters. The molecule has 0 radical (unpaired) electrons. The van der Waals surface area contributed by atoms with Gasteiger partial charge in [0, 0.05) is 5.56 Å². The predicted molar refractivity (Wildman–Crippen MR) is 72.0 cm³/mol. The summed E-state index contributed by atoms with van der Waals surface area (Å²) in [4.78, 5) is 16.0. The highest BCUT2D eigenvalue weighted by molar-refractivity contribution is 5.88. The largest absolute Gasteiger partial charge is 0.463 e. The Kier molecular flexibility index (Phi) is 4.17. The van der Waals surface area contributed by atoms with Crippen molar-refractivity contribution >= 4 is 5.97 Å². The minimum absolute atomic E-state index is 0.119. The molecule has 106 valence electrons. The van der Waals surface area contributed by atoms with Crippen LogP contribution < -0.4 is 0 Å². The lowest BCUT2D eigenvalue weighted by Gasteiger charge is -2.00. The highest BCUT2D eigenvalue weighted by atomic mass is 19.1. The molecule has 0 aliphatic rings. The Hall–Kier alpha value is -2.17. The summed E-state index contributed by atoms with van der Waals surface area (Å²) in [5.74, 6) is -0.439. The number of esters is 1. The Morgan fingerprint density at radius 2 is 2.20 bits per heavy atom. The van der Waals surface area contributed by atoms with E-state index in [1.54, 1.807) is 13.0 Å². The third-order valence-electron chi connectivity index (χ3n) is 2.97. The van der Waals surface area contributed by atoms with E-state index in [1.807, 2.05) is 6.92 Å². The SMILES string of the molecule is CCCc1nc(-c2ccc(F)cc2C)oc1C(=O)OC. The zero-order valence-electron chi connectivity index (χ0n) is 11.7. The fourth-order valence-corrected chi connectivity index (χ4v) is 1.99. The number of carbonyl (C=O) groups excluding carboxylic acids is 1. The van der Waals surface area contributed by atoms with Crippen LogP contribution in [-0.2, 0) is 11.2 Å². The summed E-state index contributed by atoms with van der Waals surface area (Å²) in [7, 11) is 1.30. The third-order valence-corrected chi connectivity index (χ3v) is 2.97. The summed E-state index contributed by atoms with van der Waals surface area (Å²) in [6.45, 7) is 3.75. The summed E-state index contributed by atoms with van der Waals surface area (Å²) in [5, 5.41) is 0. The molecular weight excluding hydrogens is 261 g/mol. The molecular formula is C15H16FNO3. The molecule has 2 aromatic rings. The molecule has 2 rings (SSSR count). The second kappa shape index (κ2) is 5.86. The summed E-state index contributed by atoms with van der Waals surface area (Å²) < 4.78 is 23.3. The molecule has 0 bridgehead atoms. The topological polar surface area (TPSA) is 52.3 Å². The van der Waals surface area contributed by atoms with Crippen molar-refractivity contribution in [3.63, 3.8) is 0 Å². The highest BCUT2D eigenvalue weighted by Crippen LogP contribution is 2.26. The molecule has 1 heterocycles. The van der Waals surface area contributed by atoms with Crippen molar-refractivity contribution < 1.29 is 18.3 Å². The summed E-state index contributed by atoms with van der Waals surface area (Å²) in [6, 6.07) is 4.33. The van der Waals surface area contributed by atoms with Gasteiger partial charge in [-0.05, 0) is 37.1 Å². The fraction of sp³-hybridized carbons (Fsp3) is 0.333. The van der Waals surface area contributed by atoms with Crippen LogP contribution in [0.5, 0.6) is 0 Å². The first-order chi connectivity index (χ1) is 9.56. The van der Waals surface area contributed by atoms with Crippen molar-refractivity contribution in [3.8, 4) is 11.5 Å². The van der Waals surface area contributed by atoms with Gasteiger partial charge in [-0.1, -0.05) is 13.3 Å². The van der Waals surface area contributed by atoms with Crippen molar-refractivity contribution in [3.05, 3.63) is 41.0 Å². The first-order valence-electron chi connectivity index (χ1n) is 6.41. The molecule has 0 aliphatic heterocycles. The zero-order chi connectivity index (χ0) is 14.7. The number of hydrogen-bond acceptors (Lipinski definition) is 4. The maximum absolute atomic E-state index is 13.1. The highest BCUT2D eigenvalue weighted by Gasteiger charge is 2.21. The number of benzene rings is 1. The molecule has 0 spiro atoms. The number of oxazole rings is 1. The molecule has 0 saturated carbocycles. The lowest BCUT2D eigenvalue weighted by molar-refractivity contribution is 0.0564. The number of nitrogens with zero attached hydrogens (tertiary/aromatic N) is 1. The van der Waals surface area contributed by atoms with Gasteiger partial charge in [-0.3, -0.25) is 0 Å². The van der Waals surface area contributed by atoms with Crippen molar-refractivity contribution in [1.29, 1.82) is 0 Å². The van der Waals surface area contributed by atoms with E-state index in [-0.39, 0.29) is 11.6 Å². The average molecular weight is 277 g/mol. The van der Waals surface area contributed by atoms with E-state index >= 15 is 0 Å². The van der Waals surface area contributed by atoms with Gasteiger partial charge in [0.25, 0.3) is 0 Å². The molecule has 4 nitrogen and oxygen atoms in total. The number of hydrogen-bond donors (Lipinski definition) is 0. The molecule has 0 atom stereocenters. The van der Waals surface area contributed by atoms with Crippen molar-refractivity contribution in [2.24, 2.45) is 0 Å². The van der Waals surface area contributed by atoms with Crippen LogP contribution in [0.4, 0.5) is 4.39 Å². The maximum atomic E-state index is 13.1. The van der Waals surface area contributed by atoms with Crippen LogP contribution >= 0.6 is 0 Å². The summed E-state index contributed by atoms with van der Waals surface area (Å²) in [6.07, 6.45) is 1.45. The minimum atomic E-state index is -0.549. The van der Waals surface area contributed by atoms with Gasteiger partial charge in [-0.25, -0.2) is 14.2 Å². The van der Waals surface area contributed by atoms with E-state index in [0.717, 1.165) is 6.42 Å². The van der Waals surface area contributed by atoms with Gasteiger partial charge in [-0.15, -0.1) is 0 Å². The number of rotatable bonds is 4. The first kappa shape index (κ1) is 14.2. The number of aromatic nitrogens is 1. The number of carbonyl (C=O) groups is 1. The van der Waals surface area contributed by atoms with E-state index in [4.69, 9.17) is 4.42 Å². The Morgan fingerprint density at radius 3 is 2.80 bits per heavy atom. The monoisotopic (exact) mass is 277 g/mol. The van der Waals surface area contributed by atoms with Crippen LogP contribution in [0.1, 0.15) is 35.2 Å². The Bertz CT molecular complexity index is 634. The standard InChI is InChI=1S/C15H16FNO3/c1-4-5-12-13(15(18)19-3)20-14(17-12)11-7-6-10(16)8-9(11)2/h6-8H,4-5H2,1-3H3. The molecule has 0 N–H and O–H groups in total. The molecule has 0 saturated heterocycles. The van der Waals surface area contributed by atoms with E-state index < -0.39 is 5.97 Å². The van der Waals surface area contributed by atoms with E-state index in [1.165, 1.54) is 19.2 Å². The maximum Gasteiger partial charge on any atom is 0.376 e. The van der Waals surface area contributed by atoms with Gasteiger partial charge in [0.2, 0.25) is 11.7 Å². The second-order valence-electron chi connectivity index (χ2n) is 4.50. The molecule has 0 fully saturated rings. The van der Waals surface area contributed by atoms with Crippen molar-refractivity contribution in [2.45, 2.75) is 26.7 Å². The Morgan fingerprint density at radius 1 is 1.45 bits per heavy atom. The van der Waals surface area contributed by atoms with E-state index in [9.17, 15) is 9.18 Å². The quantitative estimate of drug-likeness (QED) is 0.802. The van der Waals surface area contributed by atoms with Crippen LogP contribution in [0, 0.1) is 12.7 Å². The summed E-state index contributed by atoms with van der Waals surface area (Å²) in [5.41, 5.74) is 1.93. The lowest BCUT2D eigenvalue weighted by atomic mass is 10.1. The molecule has 20 heavy (non-hydrogen) atoms. The normalized spacial score (nSPS) is 10.6. The van der Waals surface area contributed by atoms with E-state index in [2.05, 4.69) is 9.72 Å². The van der Waals surface area contributed by atoms with Gasteiger partial charge in [0.05, 0.1) is 12.8 Å². The van der Waals surface area contributed by atoms with Gasteiger partial charge >= 0.3 is 5.97 Å². The lowest BCUT2D eigenvalue weighted by Crippen LogP contribution is -2.03. The molecule has 1 aromatic heterocycles. The molecule has 5 heteroatoms. The second-order valence-corrected chi connectivity index (χ2v) is 4.50. The average Bonchev–Trinajstić information content (AvgIpc) is 2.82. The van der Waals surface area contributed by atoms with Crippen LogP contribution in [0.15, 0.2) is 22.6 Å². The van der Waals surface area contributed by atoms with Crippen LogP contribution in [0.2, 0.25) is 0 Å². The van der Waals surface area contributed by atoms with Gasteiger partial charge < -0.3 is 9.15 Å². The Labute approximate surface area is 116 Å². The minimum Gasteiger partial charge on any atom is -0.463 e. The van der Waals surface area contributed by atoms with Gasteiger partial charge in [0.1, 0.15) is 5.82 Å². The van der Waals surface area contributed by atoms with Gasteiger partial charge in [0.15, 0.2) is 0 Å². The number of ether oxygens (including phenoxy) is 1. The molecule has 1 aromatic carbocycles. The number of aryl methyl sites for hydroxylation is 2. The number of methoxy groups -OCH3 is 1. The van der Waals surface area contributed by atoms with E-state index in [0.29, 0.717) is 29.1 Å². The summed E-state index contributed by atoms with van der Waals surface area (Å²) >= 11 is 0. The van der Waals surface area contributed by atoms with Crippen LogP contribution in [-0.4, -0.2) is 18.1 Å². The Balaban J connectivity index is 2.49. The van der Waals surface area contributed by atoms with Crippen LogP contribution in [0.3, 0.4) is 0 Å². The van der Waals surface area contributed by atoms with Gasteiger partial charge in [-0.2, -0.15) is 0 Å². The third kappa shape index (κ3) is 2.71. The predicted octanol–water partition coefficient (Wildman–Crippen LogP) is 3.53. The zero-order valence-corrected chi connectivity index (χ0v) is 11.7. The molecule has 0 aliphatic carbocycles. The smallest absolute Gasteiger partial charge is 0.376 e. The van der Waals surface area contributed by atoms with Crippen molar-refractivity contribution in [2.75, 3.05) is 7.11 Å². The first-order valence-corrected chi connectivity index (χ1v) is 6.41. The van der Waals surface area contributed by atoms with Crippen LogP contribution in [0.25, 0.3) is 11.5 Å².